The third kappa shape index (κ3) is 3.42. The molecule has 0 unspecified atom stereocenters. The van der Waals surface area contributed by atoms with E-state index in [1.165, 1.54) is 12.3 Å². The number of phenols is 1. The number of nitrogens with zero attached hydrogens (tertiary/aromatic N) is 1. The van der Waals surface area contributed by atoms with Gasteiger partial charge in [-0.3, -0.25) is 9.78 Å². The van der Waals surface area contributed by atoms with E-state index in [-0.39, 0.29) is 11.5 Å². The molecular formula is C15H14N2O2. The number of rotatable bonds is 4. The van der Waals surface area contributed by atoms with Crippen molar-refractivity contribution >= 4 is 11.5 Å². The maximum Gasteiger partial charge on any atom is 0.189 e. The number of carbonyl (C=O) groups excluding carboxylic acids is 1. The zero-order valence-corrected chi connectivity index (χ0v) is 10.5. The summed E-state index contributed by atoms with van der Waals surface area (Å²) < 4.78 is 0. The van der Waals surface area contributed by atoms with Gasteiger partial charge in [-0.15, -0.1) is 0 Å². The Morgan fingerprint density at radius 2 is 2.05 bits per heavy atom. The van der Waals surface area contributed by atoms with Crippen LogP contribution in [0.4, 0.5) is 5.69 Å². The van der Waals surface area contributed by atoms with E-state index in [1.807, 2.05) is 0 Å². The van der Waals surface area contributed by atoms with E-state index in [1.54, 1.807) is 49.5 Å². The second kappa shape index (κ2) is 5.82. The van der Waals surface area contributed by atoms with Gasteiger partial charge >= 0.3 is 0 Å². The lowest BCUT2D eigenvalue weighted by atomic mass is 10.1. The highest BCUT2D eigenvalue weighted by Crippen LogP contribution is 2.22. The second-order valence-corrected chi connectivity index (χ2v) is 4.08. The third-order valence-corrected chi connectivity index (χ3v) is 2.53. The molecule has 0 saturated carbocycles. The van der Waals surface area contributed by atoms with Gasteiger partial charge in [-0.05, 0) is 31.2 Å². The summed E-state index contributed by atoms with van der Waals surface area (Å²) in [6, 6.07) is 10.3. The molecule has 0 atom stereocenters. The molecule has 0 aliphatic rings. The lowest BCUT2D eigenvalue weighted by Gasteiger charge is -2.08. The van der Waals surface area contributed by atoms with Crippen molar-refractivity contribution in [2.75, 3.05) is 5.32 Å². The Balaban J connectivity index is 2.12. The molecule has 4 heteroatoms. The first kappa shape index (κ1) is 12.8. The van der Waals surface area contributed by atoms with Gasteiger partial charge in [-0.2, -0.15) is 0 Å². The number of aromatic nitrogens is 1. The Morgan fingerprint density at radius 3 is 2.74 bits per heavy atom. The summed E-state index contributed by atoms with van der Waals surface area (Å²) in [6.45, 7) is 1.76. The smallest absolute Gasteiger partial charge is 0.189 e. The number of nitrogens with one attached hydrogen (secondary N) is 1. The fourth-order valence-electron chi connectivity index (χ4n) is 1.62. The summed E-state index contributed by atoms with van der Waals surface area (Å²) in [5.74, 6) is 0.0117. The lowest BCUT2D eigenvalue weighted by Crippen LogP contribution is -2.01. The summed E-state index contributed by atoms with van der Waals surface area (Å²) in [5.41, 5.74) is 1.74. The molecule has 0 aliphatic carbocycles. The summed E-state index contributed by atoms with van der Waals surface area (Å²) >= 11 is 0. The number of aromatic hydroxyl groups is 1. The minimum Gasteiger partial charge on any atom is -0.506 e. The van der Waals surface area contributed by atoms with Crippen LogP contribution in [0.25, 0.3) is 0 Å². The van der Waals surface area contributed by atoms with Crippen molar-refractivity contribution in [1.82, 2.24) is 4.98 Å². The van der Waals surface area contributed by atoms with E-state index in [0.29, 0.717) is 16.9 Å². The van der Waals surface area contributed by atoms with Crippen molar-refractivity contribution in [3.63, 3.8) is 0 Å². The van der Waals surface area contributed by atoms with Crippen molar-refractivity contribution < 1.29 is 9.90 Å². The van der Waals surface area contributed by atoms with Crippen molar-refractivity contribution in [3.8, 4) is 5.75 Å². The van der Waals surface area contributed by atoms with E-state index >= 15 is 0 Å². The van der Waals surface area contributed by atoms with Crippen LogP contribution in [0.3, 0.4) is 0 Å². The first-order valence-corrected chi connectivity index (χ1v) is 5.84. The molecule has 0 amide bonds. The maximum atomic E-state index is 11.9. The molecule has 19 heavy (non-hydrogen) atoms. The summed E-state index contributed by atoms with van der Waals surface area (Å²) in [7, 11) is 0. The number of benzene rings is 1. The number of carbonyl (C=O) groups is 1. The second-order valence-electron chi connectivity index (χ2n) is 4.08. The molecule has 2 N–H and O–H groups in total. The zero-order valence-electron chi connectivity index (χ0n) is 10.5. The van der Waals surface area contributed by atoms with E-state index in [4.69, 9.17) is 0 Å². The van der Waals surface area contributed by atoms with Crippen molar-refractivity contribution in [2.45, 2.75) is 6.92 Å². The molecule has 0 spiro atoms. The SMILES string of the molecule is C/C(=C/C(=O)c1cccnc1)Nc1ccccc1O. The molecule has 0 fully saturated rings. The quantitative estimate of drug-likeness (QED) is 0.500. The number of hydrogen-bond acceptors (Lipinski definition) is 4. The fourth-order valence-corrected chi connectivity index (χ4v) is 1.62. The number of ketones is 1. The zero-order chi connectivity index (χ0) is 13.7. The van der Waals surface area contributed by atoms with Crippen LogP contribution >= 0.6 is 0 Å². The average Bonchev–Trinajstić information content (AvgIpc) is 2.42. The van der Waals surface area contributed by atoms with E-state index in [9.17, 15) is 9.90 Å². The number of para-hydroxylation sites is 2. The normalized spacial score (nSPS) is 11.1. The fraction of sp³-hybridized carbons (Fsp3) is 0.0667. The third-order valence-electron chi connectivity index (χ3n) is 2.53. The van der Waals surface area contributed by atoms with Crippen LogP contribution in [0.5, 0.6) is 5.75 Å². The largest absolute Gasteiger partial charge is 0.506 e. The molecular weight excluding hydrogens is 240 g/mol. The average molecular weight is 254 g/mol. The van der Waals surface area contributed by atoms with Crippen LogP contribution in [0.1, 0.15) is 17.3 Å². The first-order chi connectivity index (χ1) is 9.16. The van der Waals surface area contributed by atoms with Crippen LogP contribution in [-0.4, -0.2) is 15.9 Å². The van der Waals surface area contributed by atoms with Crippen LogP contribution in [-0.2, 0) is 0 Å². The van der Waals surface area contributed by atoms with Gasteiger partial charge in [-0.1, -0.05) is 12.1 Å². The van der Waals surface area contributed by atoms with Gasteiger partial charge in [0, 0.05) is 29.7 Å². The predicted molar refractivity (Wildman–Crippen MR) is 74.1 cm³/mol. The summed E-state index contributed by atoms with van der Waals surface area (Å²) in [5, 5.41) is 12.6. The molecule has 0 radical (unpaired) electrons. The van der Waals surface area contributed by atoms with Gasteiger partial charge in [0.2, 0.25) is 0 Å². The standard InChI is InChI=1S/C15H14N2O2/c1-11(17-13-6-2-3-7-14(13)18)9-15(19)12-5-4-8-16-10-12/h2-10,17-18H,1H3/b11-9-. The molecule has 1 aromatic carbocycles. The number of pyridine rings is 1. The first-order valence-electron chi connectivity index (χ1n) is 5.84. The Hall–Kier alpha value is -2.62. The van der Waals surface area contributed by atoms with Crippen LogP contribution in [0, 0.1) is 0 Å². The number of hydrogen-bond donors (Lipinski definition) is 2. The summed E-state index contributed by atoms with van der Waals surface area (Å²) in [4.78, 5) is 15.8. The van der Waals surface area contributed by atoms with E-state index in [2.05, 4.69) is 10.3 Å². The molecule has 2 rings (SSSR count). The molecule has 0 aliphatic heterocycles. The highest BCUT2D eigenvalue weighted by Gasteiger charge is 2.04. The molecule has 0 bridgehead atoms. The van der Waals surface area contributed by atoms with Crippen LogP contribution < -0.4 is 5.32 Å². The minimum absolute atomic E-state index is 0.131. The number of phenolic OH excluding ortho intramolecular Hbond substituents is 1. The van der Waals surface area contributed by atoms with Crippen molar-refractivity contribution in [2.24, 2.45) is 0 Å². The van der Waals surface area contributed by atoms with E-state index < -0.39 is 0 Å². The van der Waals surface area contributed by atoms with Gasteiger partial charge in [0.1, 0.15) is 5.75 Å². The Morgan fingerprint density at radius 1 is 1.26 bits per heavy atom. The molecule has 1 aromatic heterocycles. The van der Waals surface area contributed by atoms with Gasteiger partial charge in [0.15, 0.2) is 5.78 Å². The van der Waals surface area contributed by atoms with Gasteiger partial charge < -0.3 is 10.4 Å². The summed E-state index contributed by atoms with van der Waals surface area (Å²) in [6.07, 6.45) is 4.61. The number of anilines is 1. The Kier molecular flexibility index (Phi) is 3.93. The van der Waals surface area contributed by atoms with Gasteiger partial charge in [0.25, 0.3) is 0 Å². The molecule has 0 saturated heterocycles. The van der Waals surface area contributed by atoms with Crippen LogP contribution in [0.2, 0.25) is 0 Å². The Labute approximate surface area is 111 Å². The maximum absolute atomic E-state index is 11.9. The van der Waals surface area contributed by atoms with Crippen molar-refractivity contribution in [3.05, 3.63) is 66.1 Å². The minimum atomic E-state index is -0.131. The van der Waals surface area contributed by atoms with Crippen LogP contribution in [0.15, 0.2) is 60.6 Å². The van der Waals surface area contributed by atoms with E-state index in [0.717, 1.165) is 0 Å². The van der Waals surface area contributed by atoms with Gasteiger partial charge in [-0.25, -0.2) is 0 Å². The van der Waals surface area contributed by atoms with Gasteiger partial charge in [0.05, 0.1) is 5.69 Å². The molecule has 2 aromatic rings. The molecule has 96 valence electrons. The monoisotopic (exact) mass is 254 g/mol. The predicted octanol–water partition coefficient (Wildman–Crippen LogP) is 2.99. The highest BCUT2D eigenvalue weighted by atomic mass is 16.3. The number of allylic oxidation sites excluding steroid dienone is 2. The topological polar surface area (TPSA) is 62.2 Å². The lowest BCUT2D eigenvalue weighted by molar-refractivity contribution is 0.104. The highest BCUT2D eigenvalue weighted by molar-refractivity contribution is 6.04. The Bertz CT molecular complexity index is 607. The molecule has 4 nitrogen and oxygen atoms in total. The van der Waals surface area contributed by atoms with Crippen molar-refractivity contribution in [1.29, 1.82) is 0 Å². The molecule has 1 heterocycles.